The van der Waals surface area contributed by atoms with Crippen molar-refractivity contribution in [2.75, 3.05) is 20.2 Å². The number of imide groups is 1. The van der Waals surface area contributed by atoms with Crippen LogP contribution in [-0.2, 0) is 9.59 Å². The number of carbonyl (C=O) groups is 3. The molecule has 3 rings (SSSR count). The summed E-state index contributed by atoms with van der Waals surface area (Å²) in [5.74, 6) is 0.448. The molecule has 2 aliphatic rings. The van der Waals surface area contributed by atoms with Crippen molar-refractivity contribution in [1.29, 1.82) is 0 Å². The van der Waals surface area contributed by atoms with Crippen molar-refractivity contribution in [2.45, 2.75) is 37.6 Å². The molecule has 2 saturated heterocycles. The molecule has 0 aromatic heterocycles. The van der Waals surface area contributed by atoms with Crippen LogP contribution in [-0.4, -0.2) is 49.0 Å². The summed E-state index contributed by atoms with van der Waals surface area (Å²) < 4.78 is 5.43. The van der Waals surface area contributed by atoms with Crippen LogP contribution >= 0.6 is 23.2 Å². The normalized spacial score (nSPS) is 20.4. The summed E-state index contributed by atoms with van der Waals surface area (Å²) in [6.07, 6.45) is 2.07. The molecule has 27 heavy (non-hydrogen) atoms. The van der Waals surface area contributed by atoms with E-state index in [2.05, 4.69) is 10.6 Å². The van der Waals surface area contributed by atoms with E-state index in [0.717, 1.165) is 18.4 Å². The number of nitrogens with one attached hydrogen (secondary N) is 2. The zero-order valence-electron chi connectivity index (χ0n) is 14.9. The van der Waals surface area contributed by atoms with Gasteiger partial charge in [-0.15, -0.1) is 0 Å². The van der Waals surface area contributed by atoms with Crippen molar-refractivity contribution in [3.05, 3.63) is 27.7 Å². The lowest BCUT2D eigenvalue weighted by Gasteiger charge is -2.33. The van der Waals surface area contributed by atoms with E-state index in [1.54, 1.807) is 18.1 Å². The van der Waals surface area contributed by atoms with Crippen molar-refractivity contribution in [3.8, 4) is 5.75 Å². The average Bonchev–Trinajstić information content (AvgIpc) is 2.96. The lowest BCUT2D eigenvalue weighted by Crippen LogP contribution is -2.39. The number of carbonyl (C=O) groups excluding carboxylic acids is 3. The van der Waals surface area contributed by atoms with E-state index in [1.165, 1.54) is 0 Å². The van der Waals surface area contributed by atoms with Crippen molar-refractivity contribution >= 4 is 41.0 Å². The van der Waals surface area contributed by atoms with Crippen molar-refractivity contribution in [1.82, 2.24) is 15.5 Å². The van der Waals surface area contributed by atoms with E-state index < -0.39 is 12.1 Å². The second-order valence-corrected chi connectivity index (χ2v) is 7.56. The van der Waals surface area contributed by atoms with Gasteiger partial charge in [-0.2, -0.15) is 0 Å². The molecule has 0 aliphatic carbocycles. The monoisotopic (exact) mass is 413 g/mol. The summed E-state index contributed by atoms with van der Waals surface area (Å²) in [6.45, 7) is 1.22. The molecule has 2 N–H and O–H groups in total. The Hall–Kier alpha value is -1.99. The third-order valence-electron chi connectivity index (χ3n) is 5.03. The molecule has 1 aromatic rings. The smallest absolute Gasteiger partial charge is 0.322 e. The Morgan fingerprint density at radius 3 is 2.56 bits per heavy atom. The fourth-order valence-corrected chi connectivity index (χ4v) is 4.21. The quantitative estimate of drug-likeness (QED) is 0.726. The van der Waals surface area contributed by atoms with E-state index in [-0.39, 0.29) is 24.2 Å². The maximum atomic E-state index is 12.4. The summed E-state index contributed by atoms with van der Waals surface area (Å²) in [7, 11) is 1.58. The lowest BCUT2D eigenvalue weighted by atomic mass is 9.88. The van der Waals surface area contributed by atoms with Gasteiger partial charge in [-0.1, -0.05) is 23.2 Å². The first-order chi connectivity index (χ1) is 12.9. The van der Waals surface area contributed by atoms with Gasteiger partial charge in [0, 0.05) is 30.1 Å². The highest BCUT2D eigenvalue weighted by Gasteiger charge is 2.31. The molecule has 2 aliphatic heterocycles. The Bertz CT molecular complexity index is 763. The van der Waals surface area contributed by atoms with Gasteiger partial charge >= 0.3 is 6.03 Å². The third-order valence-corrected chi connectivity index (χ3v) is 5.53. The van der Waals surface area contributed by atoms with Gasteiger partial charge in [-0.25, -0.2) is 4.79 Å². The maximum Gasteiger partial charge on any atom is 0.322 e. The summed E-state index contributed by atoms with van der Waals surface area (Å²) in [6, 6.07) is 2.39. The number of hydrogen-bond donors (Lipinski definition) is 2. The summed E-state index contributed by atoms with van der Waals surface area (Å²) in [5, 5.41) is 5.71. The fourth-order valence-electron chi connectivity index (χ4n) is 3.63. The second kappa shape index (κ2) is 8.35. The number of benzene rings is 1. The number of ether oxygens (including phenoxy) is 1. The SMILES string of the molecule is COc1c(Cl)cc(Cl)cc1C1CCN(C(=O)CC[C@H]2NC(=O)NC2=O)CC1. The highest BCUT2D eigenvalue weighted by atomic mass is 35.5. The summed E-state index contributed by atoms with van der Waals surface area (Å²) in [5.41, 5.74) is 0.965. The molecular formula is C18H21Cl2N3O4. The van der Waals surface area contributed by atoms with Crippen LogP contribution in [0.3, 0.4) is 0 Å². The molecule has 1 atom stereocenters. The number of urea groups is 1. The Balaban J connectivity index is 1.55. The molecule has 0 spiro atoms. The van der Waals surface area contributed by atoms with Gasteiger partial charge in [0.05, 0.1) is 12.1 Å². The number of piperidine rings is 1. The van der Waals surface area contributed by atoms with Crippen molar-refractivity contribution in [2.24, 2.45) is 0 Å². The van der Waals surface area contributed by atoms with E-state index in [9.17, 15) is 14.4 Å². The van der Waals surface area contributed by atoms with Crippen molar-refractivity contribution < 1.29 is 19.1 Å². The number of hydrogen-bond acceptors (Lipinski definition) is 4. The van der Waals surface area contributed by atoms with Crippen LogP contribution in [0.25, 0.3) is 0 Å². The molecule has 0 radical (unpaired) electrons. The second-order valence-electron chi connectivity index (χ2n) is 6.72. The van der Waals surface area contributed by atoms with E-state index in [1.807, 2.05) is 6.07 Å². The van der Waals surface area contributed by atoms with Crippen LogP contribution < -0.4 is 15.4 Å². The predicted molar refractivity (Wildman–Crippen MR) is 101 cm³/mol. The Morgan fingerprint density at radius 2 is 1.96 bits per heavy atom. The number of likely N-dealkylation sites (tertiary alicyclic amines) is 1. The molecular weight excluding hydrogens is 393 g/mol. The van der Waals surface area contributed by atoms with Gasteiger partial charge in [-0.3, -0.25) is 14.9 Å². The Kier molecular flexibility index (Phi) is 6.11. The van der Waals surface area contributed by atoms with Gasteiger partial charge in [0.1, 0.15) is 11.8 Å². The molecule has 9 heteroatoms. The molecule has 7 nitrogen and oxygen atoms in total. The standard InChI is InChI=1S/C18H21Cl2N3O4/c1-27-16-12(8-11(19)9-13(16)20)10-4-6-23(7-5-10)15(24)3-2-14-17(25)22-18(26)21-14/h8-10,14H,2-7H2,1H3,(H2,21,22,25,26)/t14-/m1/s1. The van der Waals surface area contributed by atoms with Crippen molar-refractivity contribution in [3.63, 3.8) is 0 Å². The minimum atomic E-state index is -0.628. The van der Waals surface area contributed by atoms with Crippen LogP contribution in [0, 0.1) is 0 Å². The largest absolute Gasteiger partial charge is 0.495 e. The molecule has 4 amide bonds. The summed E-state index contributed by atoms with van der Waals surface area (Å²) in [4.78, 5) is 36.9. The first-order valence-electron chi connectivity index (χ1n) is 8.81. The van der Waals surface area contributed by atoms with E-state index >= 15 is 0 Å². The Labute approximate surface area is 167 Å². The fraction of sp³-hybridized carbons (Fsp3) is 0.500. The van der Waals surface area contributed by atoms with Crippen LogP contribution in [0.4, 0.5) is 4.79 Å². The van der Waals surface area contributed by atoms with Gasteiger partial charge in [0.15, 0.2) is 0 Å². The average molecular weight is 414 g/mol. The van der Waals surface area contributed by atoms with Crippen LogP contribution in [0.15, 0.2) is 12.1 Å². The van der Waals surface area contributed by atoms with Crippen LogP contribution in [0.5, 0.6) is 5.75 Å². The minimum Gasteiger partial charge on any atom is -0.495 e. The highest BCUT2D eigenvalue weighted by Crippen LogP contribution is 2.40. The minimum absolute atomic E-state index is 0.0153. The highest BCUT2D eigenvalue weighted by molar-refractivity contribution is 6.35. The zero-order valence-corrected chi connectivity index (χ0v) is 16.4. The molecule has 0 unspecified atom stereocenters. The van der Waals surface area contributed by atoms with Gasteiger partial charge in [-0.05, 0) is 37.3 Å². The molecule has 2 heterocycles. The first-order valence-corrected chi connectivity index (χ1v) is 9.56. The molecule has 146 valence electrons. The molecule has 0 saturated carbocycles. The molecule has 0 bridgehead atoms. The number of nitrogens with zero attached hydrogens (tertiary/aromatic N) is 1. The lowest BCUT2D eigenvalue weighted by molar-refractivity contribution is -0.132. The number of methoxy groups -OCH3 is 1. The summed E-state index contributed by atoms with van der Waals surface area (Å²) >= 11 is 12.4. The molecule has 1 aromatic carbocycles. The van der Waals surface area contributed by atoms with E-state index in [4.69, 9.17) is 27.9 Å². The topological polar surface area (TPSA) is 87.7 Å². The first kappa shape index (κ1) is 19.8. The number of amides is 4. The maximum absolute atomic E-state index is 12.4. The van der Waals surface area contributed by atoms with Gasteiger partial charge in [0.2, 0.25) is 5.91 Å². The number of halogens is 2. The zero-order chi connectivity index (χ0) is 19.6. The van der Waals surface area contributed by atoms with E-state index in [0.29, 0.717) is 35.3 Å². The molecule has 2 fully saturated rings. The predicted octanol–water partition coefficient (Wildman–Crippen LogP) is 2.70. The van der Waals surface area contributed by atoms with Crippen LogP contribution in [0.1, 0.15) is 37.2 Å². The van der Waals surface area contributed by atoms with Crippen LogP contribution in [0.2, 0.25) is 10.0 Å². The van der Waals surface area contributed by atoms with Gasteiger partial charge in [0.25, 0.3) is 5.91 Å². The van der Waals surface area contributed by atoms with Gasteiger partial charge < -0.3 is 15.0 Å². The Morgan fingerprint density at radius 1 is 1.26 bits per heavy atom. The third kappa shape index (κ3) is 4.47. The number of rotatable bonds is 5.